The summed E-state index contributed by atoms with van der Waals surface area (Å²) in [6.07, 6.45) is -1.02. The van der Waals surface area contributed by atoms with Crippen LogP contribution >= 0.6 is 0 Å². The molecule has 0 bridgehead atoms. The van der Waals surface area contributed by atoms with Gasteiger partial charge in [0.15, 0.2) is 17.7 Å². The Labute approximate surface area is 97.7 Å². The van der Waals surface area contributed by atoms with Crippen LogP contribution in [0, 0.1) is 12.7 Å². The Morgan fingerprint density at radius 1 is 1.47 bits per heavy atom. The smallest absolute Gasteiger partial charge is 0.318 e. The molecule has 0 aliphatic carbocycles. The first-order valence-electron chi connectivity index (χ1n) is 4.93. The van der Waals surface area contributed by atoms with E-state index in [0.717, 1.165) is 5.56 Å². The fraction of sp³-hybridized carbons (Fsp3) is 0.273. The number of halogens is 1. The van der Waals surface area contributed by atoms with Gasteiger partial charge in [0.2, 0.25) is 0 Å². The number of aryl methyl sites for hydroxylation is 1. The Kier molecular flexibility index (Phi) is 4.03. The minimum absolute atomic E-state index is 0.0443. The number of hydrogen-bond acceptors (Lipinski definition) is 3. The number of amides is 3. The van der Waals surface area contributed by atoms with Gasteiger partial charge in [-0.25, -0.2) is 9.18 Å². The third-order valence-electron chi connectivity index (χ3n) is 2.01. The number of ether oxygens (including phenoxy) is 1. The summed E-state index contributed by atoms with van der Waals surface area (Å²) in [6.45, 7) is 3.15. The Balaban J connectivity index is 2.73. The van der Waals surface area contributed by atoms with Gasteiger partial charge in [0.1, 0.15) is 0 Å². The minimum Gasteiger partial charge on any atom is -0.478 e. The first-order chi connectivity index (χ1) is 7.90. The van der Waals surface area contributed by atoms with Crippen LogP contribution in [-0.4, -0.2) is 18.0 Å². The van der Waals surface area contributed by atoms with Crippen molar-refractivity contribution in [2.45, 2.75) is 20.0 Å². The van der Waals surface area contributed by atoms with E-state index in [-0.39, 0.29) is 5.75 Å². The van der Waals surface area contributed by atoms with Gasteiger partial charge in [0.25, 0.3) is 5.91 Å². The van der Waals surface area contributed by atoms with Gasteiger partial charge < -0.3 is 10.5 Å². The zero-order valence-corrected chi connectivity index (χ0v) is 9.49. The van der Waals surface area contributed by atoms with Gasteiger partial charge in [-0.2, -0.15) is 0 Å². The van der Waals surface area contributed by atoms with E-state index in [4.69, 9.17) is 10.5 Å². The van der Waals surface area contributed by atoms with E-state index in [1.165, 1.54) is 19.1 Å². The van der Waals surface area contributed by atoms with Crippen molar-refractivity contribution in [1.29, 1.82) is 0 Å². The quantitative estimate of drug-likeness (QED) is 0.829. The molecule has 3 amide bonds. The second-order valence-corrected chi connectivity index (χ2v) is 3.55. The van der Waals surface area contributed by atoms with Gasteiger partial charge in [-0.1, -0.05) is 6.07 Å². The Hall–Kier alpha value is -2.11. The molecule has 6 heteroatoms. The molecule has 17 heavy (non-hydrogen) atoms. The molecule has 0 aliphatic heterocycles. The number of nitrogens with two attached hydrogens (primary N) is 1. The van der Waals surface area contributed by atoms with E-state index in [1.54, 1.807) is 13.0 Å². The monoisotopic (exact) mass is 240 g/mol. The summed E-state index contributed by atoms with van der Waals surface area (Å²) >= 11 is 0. The fourth-order valence-electron chi connectivity index (χ4n) is 1.17. The van der Waals surface area contributed by atoms with Crippen molar-refractivity contribution >= 4 is 11.9 Å². The molecule has 1 aromatic carbocycles. The topological polar surface area (TPSA) is 81.4 Å². The van der Waals surface area contributed by atoms with Crippen molar-refractivity contribution in [3.63, 3.8) is 0 Å². The second kappa shape index (κ2) is 5.29. The number of primary amides is 1. The van der Waals surface area contributed by atoms with Crippen molar-refractivity contribution in [3.8, 4) is 5.75 Å². The molecular weight excluding hydrogens is 227 g/mol. The zero-order chi connectivity index (χ0) is 13.0. The summed E-state index contributed by atoms with van der Waals surface area (Å²) < 4.78 is 18.4. The number of urea groups is 1. The third-order valence-corrected chi connectivity index (χ3v) is 2.01. The minimum atomic E-state index is -1.02. The van der Waals surface area contributed by atoms with Crippen LogP contribution in [0.25, 0.3) is 0 Å². The molecule has 0 aromatic heterocycles. The van der Waals surface area contributed by atoms with Crippen LogP contribution in [-0.2, 0) is 4.79 Å². The second-order valence-electron chi connectivity index (χ2n) is 3.55. The van der Waals surface area contributed by atoms with E-state index in [2.05, 4.69) is 0 Å². The molecule has 0 saturated carbocycles. The van der Waals surface area contributed by atoms with E-state index in [9.17, 15) is 14.0 Å². The van der Waals surface area contributed by atoms with Crippen molar-refractivity contribution in [2.75, 3.05) is 0 Å². The predicted octanol–water partition coefficient (Wildman–Crippen LogP) is 1.10. The number of hydrogen-bond donors (Lipinski definition) is 2. The first-order valence-corrected chi connectivity index (χ1v) is 4.93. The van der Waals surface area contributed by atoms with Crippen molar-refractivity contribution in [2.24, 2.45) is 5.73 Å². The highest BCUT2D eigenvalue weighted by Gasteiger charge is 2.17. The standard InChI is InChI=1S/C11H13FN2O3/c1-6-3-4-8(12)9(5-6)17-7(2)10(15)14-11(13)16/h3-5,7H,1-2H3,(H3,13,14,15,16). The summed E-state index contributed by atoms with van der Waals surface area (Å²) in [6, 6.07) is 3.30. The Bertz CT molecular complexity index is 448. The molecular formula is C11H13FN2O3. The van der Waals surface area contributed by atoms with Crippen LogP contribution in [0.2, 0.25) is 0 Å². The lowest BCUT2D eigenvalue weighted by molar-refractivity contribution is -0.126. The Morgan fingerprint density at radius 2 is 2.12 bits per heavy atom. The summed E-state index contributed by atoms with van der Waals surface area (Å²) in [7, 11) is 0. The lowest BCUT2D eigenvalue weighted by Crippen LogP contribution is -2.42. The largest absolute Gasteiger partial charge is 0.478 e. The maximum atomic E-state index is 13.3. The number of imide groups is 1. The van der Waals surface area contributed by atoms with Gasteiger partial charge in [-0.3, -0.25) is 10.1 Å². The molecule has 92 valence electrons. The summed E-state index contributed by atoms with van der Waals surface area (Å²) in [4.78, 5) is 21.7. The van der Waals surface area contributed by atoms with Crippen LogP contribution in [0.4, 0.5) is 9.18 Å². The maximum Gasteiger partial charge on any atom is 0.318 e. The Morgan fingerprint density at radius 3 is 2.71 bits per heavy atom. The molecule has 0 aliphatic rings. The van der Waals surface area contributed by atoms with E-state index >= 15 is 0 Å². The van der Waals surface area contributed by atoms with Crippen LogP contribution in [0.3, 0.4) is 0 Å². The molecule has 1 rings (SSSR count). The molecule has 3 N–H and O–H groups in total. The molecule has 1 atom stereocenters. The number of nitrogens with one attached hydrogen (secondary N) is 1. The number of carbonyl (C=O) groups is 2. The summed E-state index contributed by atoms with van der Waals surface area (Å²) in [5.41, 5.74) is 5.57. The summed E-state index contributed by atoms with van der Waals surface area (Å²) in [5.74, 6) is -1.34. The van der Waals surface area contributed by atoms with E-state index < -0.39 is 23.9 Å². The van der Waals surface area contributed by atoms with E-state index in [0.29, 0.717) is 0 Å². The third kappa shape index (κ3) is 3.75. The van der Waals surface area contributed by atoms with Crippen LogP contribution < -0.4 is 15.8 Å². The molecule has 0 saturated heterocycles. The van der Waals surface area contributed by atoms with Gasteiger partial charge >= 0.3 is 6.03 Å². The number of rotatable bonds is 3. The molecule has 0 spiro atoms. The lowest BCUT2D eigenvalue weighted by atomic mass is 10.2. The normalized spacial score (nSPS) is 11.7. The molecule has 1 aromatic rings. The fourth-order valence-corrected chi connectivity index (χ4v) is 1.17. The molecule has 5 nitrogen and oxygen atoms in total. The molecule has 1 unspecified atom stereocenters. The predicted molar refractivity (Wildman–Crippen MR) is 59.0 cm³/mol. The highest BCUT2D eigenvalue weighted by atomic mass is 19.1. The average molecular weight is 240 g/mol. The van der Waals surface area contributed by atoms with Crippen LogP contribution in [0.15, 0.2) is 18.2 Å². The van der Waals surface area contributed by atoms with Gasteiger partial charge in [0, 0.05) is 0 Å². The van der Waals surface area contributed by atoms with Crippen LogP contribution in [0.5, 0.6) is 5.75 Å². The maximum absolute atomic E-state index is 13.3. The lowest BCUT2D eigenvalue weighted by Gasteiger charge is -2.14. The number of carbonyl (C=O) groups excluding carboxylic acids is 2. The SMILES string of the molecule is Cc1ccc(F)c(OC(C)C(=O)NC(N)=O)c1. The highest BCUT2D eigenvalue weighted by molar-refractivity contribution is 5.95. The molecule has 0 fully saturated rings. The highest BCUT2D eigenvalue weighted by Crippen LogP contribution is 2.19. The van der Waals surface area contributed by atoms with Crippen LogP contribution in [0.1, 0.15) is 12.5 Å². The van der Waals surface area contributed by atoms with Crippen molar-refractivity contribution in [3.05, 3.63) is 29.6 Å². The van der Waals surface area contributed by atoms with Crippen molar-refractivity contribution < 1.29 is 18.7 Å². The molecule has 0 heterocycles. The zero-order valence-electron chi connectivity index (χ0n) is 9.49. The number of benzene rings is 1. The van der Waals surface area contributed by atoms with E-state index in [1.807, 2.05) is 5.32 Å². The first kappa shape index (κ1) is 13.0. The van der Waals surface area contributed by atoms with Gasteiger partial charge in [0.05, 0.1) is 0 Å². The van der Waals surface area contributed by atoms with Crippen molar-refractivity contribution in [1.82, 2.24) is 5.32 Å². The summed E-state index contributed by atoms with van der Waals surface area (Å²) in [5, 5.41) is 1.85. The molecule has 0 radical (unpaired) electrons. The van der Waals surface area contributed by atoms with Gasteiger partial charge in [-0.05, 0) is 31.5 Å². The van der Waals surface area contributed by atoms with Gasteiger partial charge in [-0.15, -0.1) is 0 Å². The average Bonchev–Trinajstić information content (AvgIpc) is 2.22.